The fourth-order valence-corrected chi connectivity index (χ4v) is 3.32. The second kappa shape index (κ2) is 4.47. The van der Waals surface area contributed by atoms with Crippen molar-refractivity contribution >= 4 is 0 Å². The molecule has 0 bridgehead atoms. The summed E-state index contributed by atoms with van der Waals surface area (Å²) in [7, 11) is 0. The van der Waals surface area contributed by atoms with E-state index in [1.807, 2.05) is 0 Å². The Bertz CT molecular complexity index is 204. The topological polar surface area (TPSA) is 0 Å². The van der Waals surface area contributed by atoms with E-state index in [0.29, 0.717) is 10.8 Å². The van der Waals surface area contributed by atoms with Gasteiger partial charge in [-0.05, 0) is 41.9 Å². The smallest absolute Gasteiger partial charge is 0.0295 e. The van der Waals surface area contributed by atoms with E-state index in [2.05, 4.69) is 41.5 Å². The van der Waals surface area contributed by atoms with Gasteiger partial charge in [0.15, 0.2) is 0 Å². The molecule has 15 heavy (non-hydrogen) atoms. The van der Waals surface area contributed by atoms with Gasteiger partial charge >= 0.3 is 0 Å². The van der Waals surface area contributed by atoms with E-state index in [0.717, 1.165) is 11.8 Å². The molecular weight excluding hydrogens is 180 g/mol. The summed E-state index contributed by atoms with van der Waals surface area (Å²) in [6, 6.07) is 0. The van der Waals surface area contributed by atoms with Crippen LogP contribution >= 0.6 is 0 Å². The Kier molecular flexibility index (Phi) is 3.90. The molecule has 1 saturated carbocycles. The molecule has 0 nitrogen and oxygen atoms in total. The minimum absolute atomic E-state index is 0.559. The maximum Gasteiger partial charge on any atom is -0.0295 e. The Morgan fingerprint density at radius 2 is 1.87 bits per heavy atom. The first kappa shape index (κ1) is 13.1. The highest BCUT2D eigenvalue weighted by Crippen LogP contribution is 2.55. The Morgan fingerprint density at radius 3 is 2.27 bits per heavy atom. The molecule has 0 aromatic heterocycles. The van der Waals surface area contributed by atoms with Gasteiger partial charge in [0.2, 0.25) is 0 Å². The van der Waals surface area contributed by atoms with Crippen molar-refractivity contribution in [3.63, 3.8) is 0 Å². The van der Waals surface area contributed by atoms with Crippen molar-refractivity contribution in [2.45, 2.75) is 73.6 Å². The Hall–Kier alpha value is 0. The molecular formula is C15H30. The maximum absolute atomic E-state index is 2.50. The van der Waals surface area contributed by atoms with Gasteiger partial charge in [-0.3, -0.25) is 0 Å². The van der Waals surface area contributed by atoms with Crippen LogP contribution < -0.4 is 0 Å². The molecule has 1 fully saturated rings. The second-order valence-electron chi connectivity index (χ2n) is 6.85. The highest BCUT2D eigenvalue weighted by Gasteiger charge is 2.46. The summed E-state index contributed by atoms with van der Waals surface area (Å²) in [6.45, 7) is 14.5. The van der Waals surface area contributed by atoms with E-state index >= 15 is 0 Å². The third-order valence-electron chi connectivity index (χ3n) is 5.27. The van der Waals surface area contributed by atoms with Crippen LogP contribution in [0.5, 0.6) is 0 Å². The summed E-state index contributed by atoms with van der Waals surface area (Å²) in [5, 5.41) is 0. The molecule has 0 heteroatoms. The van der Waals surface area contributed by atoms with Crippen molar-refractivity contribution in [2.75, 3.05) is 0 Å². The van der Waals surface area contributed by atoms with E-state index in [9.17, 15) is 0 Å². The molecule has 3 atom stereocenters. The fraction of sp³-hybridized carbons (Fsp3) is 1.00. The zero-order valence-electron chi connectivity index (χ0n) is 11.7. The van der Waals surface area contributed by atoms with E-state index in [4.69, 9.17) is 0 Å². The summed E-state index contributed by atoms with van der Waals surface area (Å²) in [5.41, 5.74) is 1.23. The molecule has 0 aromatic rings. The average Bonchev–Trinajstić information content (AvgIpc) is 2.17. The molecule has 0 saturated heterocycles. The van der Waals surface area contributed by atoms with Crippen molar-refractivity contribution in [3.8, 4) is 0 Å². The van der Waals surface area contributed by atoms with Gasteiger partial charge in [0.25, 0.3) is 0 Å². The van der Waals surface area contributed by atoms with Crippen LogP contribution in [0.3, 0.4) is 0 Å². The van der Waals surface area contributed by atoms with Gasteiger partial charge in [-0.2, -0.15) is 0 Å². The standard InChI is InChI=1S/C15H30/c1-7-14(4,5)10-9-13-12(3)11-15(13,6)8-2/h12-13H,7-11H2,1-6H3. The predicted octanol–water partition coefficient (Wildman–Crippen LogP) is 5.28. The molecule has 0 aromatic carbocycles. The van der Waals surface area contributed by atoms with Crippen molar-refractivity contribution in [2.24, 2.45) is 22.7 Å². The zero-order valence-corrected chi connectivity index (χ0v) is 11.7. The third-order valence-corrected chi connectivity index (χ3v) is 5.27. The quantitative estimate of drug-likeness (QED) is 0.579. The monoisotopic (exact) mass is 210 g/mol. The molecule has 0 amide bonds. The first-order valence-electron chi connectivity index (χ1n) is 6.84. The molecule has 0 spiro atoms. The van der Waals surface area contributed by atoms with Gasteiger partial charge < -0.3 is 0 Å². The number of rotatable bonds is 5. The number of hydrogen-bond donors (Lipinski definition) is 0. The van der Waals surface area contributed by atoms with Crippen molar-refractivity contribution in [1.29, 1.82) is 0 Å². The van der Waals surface area contributed by atoms with E-state index in [1.165, 1.54) is 32.1 Å². The lowest BCUT2D eigenvalue weighted by Gasteiger charge is -2.53. The van der Waals surface area contributed by atoms with E-state index in [1.54, 1.807) is 0 Å². The third kappa shape index (κ3) is 2.77. The van der Waals surface area contributed by atoms with Crippen LogP contribution in [0, 0.1) is 22.7 Å². The molecule has 0 N–H and O–H groups in total. The molecule has 0 radical (unpaired) electrons. The maximum atomic E-state index is 2.50. The minimum atomic E-state index is 0.559. The van der Waals surface area contributed by atoms with E-state index < -0.39 is 0 Å². The first-order valence-corrected chi connectivity index (χ1v) is 6.84. The van der Waals surface area contributed by atoms with Crippen molar-refractivity contribution < 1.29 is 0 Å². The van der Waals surface area contributed by atoms with Crippen LogP contribution in [0.4, 0.5) is 0 Å². The van der Waals surface area contributed by atoms with Crippen LogP contribution in [0.15, 0.2) is 0 Å². The molecule has 0 heterocycles. The van der Waals surface area contributed by atoms with Crippen LogP contribution in [0.2, 0.25) is 0 Å². The van der Waals surface area contributed by atoms with Crippen molar-refractivity contribution in [1.82, 2.24) is 0 Å². The average molecular weight is 210 g/mol. The lowest BCUT2D eigenvalue weighted by Crippen LogP contribution is -2.44. The summed E-state index contributed by atoms with van der Waals surface area (Å²) in [4.78, 5) is 0. The van der Waals surface area contributed by atoms with Gasteiger partial charge in [-0.1, -0.05) is 54.4 Å². The Morgan fingerprint density at radius 1 is 1.27 bits per heavy atom. The molecule has 3 unspecified atom stereocenters. The lowest BCUT2D eigenvalue weighted by atomic mass is 9.52. The normalized spacial score (nSPS) is 36.4. The predicted molar refractivity (Wildman–Crippen MR) is 69.0 cm³/mol. The van der Waals surface area contributed by atoms with Crippen LogP contribution in [-0.4, -0.2) is 0 Å². The Balaban J connectivity index is 2.44. The van der Waals surface area contributed by atoms with Gasteiger partial charge in [0.05, 0.1) is 0 Å². The van der Waals surface area contributed by atoms with Crippen LogP contribution in [0.25, 0.3) is 0 Å². The van der Waals surface area contributed by atoms with Crippen LogP contribution in [-0.2, 0) is 0 Å². The second-order valence-corrected chi connectivity index (χ2v) is 6.85. The highest BCUT2D eigenvalue weighted by atomic mass is 14.5. The zero-order chi connectivity index (χ0) is 11.7. The summed E-state index contributed by atoms with van der Waals surface area (Å²) in [6.07, 6.45) is 7.01. The lowest BCUT2D eigenvalue weighted by molar-refractivity contribution is -0.0330. The molecule has 0 aliphatic heterocycles. The summed E-state index contributed by atoms with van der Waals surface area (Å²) < 4.78 is 0. The van der Waals surface area contributed by atoms with Gasteiger partial charge in [-0.25, -0.2) is 0 Å². The molecule has 1 aliphatic rings. The van der Waals surface area contributed by atoms with Crippen molar-refractivity contribution in [3.05, 3.63) is 0 Å². The molecule has 90 valence electrons. The number of hydrogen-bond acceptors (Lipinski definition) is 0. The van der Waals surface area contributed by atoms with Gasteiger partial charge in [-0.15, -0.1) is 0 Å². The SMILES string of the molecule is CCC(C)(C)CCC1C(C)CC1(C)CC. The largest absolute Gasteiger partial charge is 0.0649 e. The summed E-state index contributed by atoms with van der Waals surface area (Å²) in [5.74, 6) is 1.97. The van der Waals surface area contributed by atoms with Gasteiger partial charge in [0, 0.05) is 0 Å². The first-order chi connectivity index (χ1) is 6.84. The highest BCUT2D eigenvalue weighted by molar-refractivity contribution is 4.96. The molecule has 1 rings (SSSR count). The summed E-state index contributed by atoms with van der Waals surface area (Å²) >= 11 is 0. The van der Waals surface area contributed by atoms with Gasteiger partial charge in [0.1, 0.15) is 0 Å². The fourth-order valence-electron chi connectivity index (χ4n) is 3.32. The minimum Gasteiger partial charge on any atom is -0.0649 e. The van der Waals surface area contributed by atoms with E-state index in [-0.39, 0.29) is 0 Å². The molecule has 1 aliphatic carbocycles. The Labute approximate surface area is 96.8 Å². The van der Waals surface area contributed by atoms with Crippen LogP contribution in [0.1, 0.15) is 73.6 Å².